The standard InChI is InChI=1S/C23H32N2O2S/c1-5-14-24-21-10-6-20-16-22(11-7-19(20)15-21)25(4)28(26,27)23-12-8-18(9-13-23)17(2)3/h7-9,11-13,16-17,21,24H,5-6,10,14-15H2,1-4H3. The van der Waals surface area contributed by atoms with Crippen LogP contribution in [0.2, 0.25) is 0 Å². The predicted octanol–water partition coefficient (Wildman–Crippen LogP) is 4.49. The Balaban J connectivity index is 1.80. The third-order valence-corrected chi connectivity index (χ3v) is 7.47. The van der Waals surface area contributed by atoms with Crippen LogP contribution < -0.4 is 9.62 Å². The molecule has 152 valence electrons. The van der Waals surface area contributed by atoms with Gasteiger partial charge in [-0.1, -0.05) is 39.0 Å². The smallest absolute Gasteiger partial charge is 0.264 e. The van der Waals surface area contributed by atoms with Crippen molar-refractivity contribution in [3.05, 3.63) is 59.2 Å². The first-order valence-electron chi connectivity index (χ1n) is 10.3. The van der Waals surface area contributed by atoms with Gasteiger partial charge in [0.2, 0.25) is 0 Å². The highest BCUT2D eigenvalue weighted by Crippen LogP contribution is 2.29. The average molecular weight is 401 g/mol. The lowest BCUT2D eigenvalue weighted by atomic mass is 9.88. The van der Waals surface area contributed by atoms with Crippen LogP contribution in [0.4, 0.5) is 5.69 Å². The van der Waals surface area contributed by atoms with E-state index < -0.39 is 10.0 Å². The van der Waals surface area contributed by atoms with Crippen molar-refractivity contribution in [1.29, 1.82) is 0 Å². The molecular formula is C23H32N2O2S. The van der Waals surface area contributed by atoms with Crippen molar-refractivity contribution < 1.29 is 8.42 Å². The lowest BCUT2D eigenvalue weighted by Crippen LogP contribution is -2.35. The maximum Gasteiger partial charge on any atom is 0.264 e. The van der Waals surface area contributed by atoms with Gasteiger partial charge in [0.1, 0.15) is 0 Å². The average Bonchev–Trinajstić information content (AvgIpc) is 2.71. The minimum Gasteiger partial charge on any atom is -0.314 e. The number of sulfonamides is 1. The van der Waals surface area contributed by atoms with Crippen molar-refractivity contribution in [2.75, 3.05) is 17.9 Å². The van der Waals surface area contributed by atoms with E-state index in [-0.39, 0.29) is 0 Å². The van der Waals surface area contributed by atoms with Gasteiger partial charge >= 0.3 is 0 Å². The molecule has 1 N–H and O–H groups in total. The zero-order valence-corrected chi connectivity index (χ0v) is 18.2. The molecule has 0 aromatic heterocycles. The van der Waals surface area contributed by atoms with E-state index in [1.165, 1.54) is 15.4 Å². The topological polar surface area (TPSA) is 49.4 Å². The number of aryl methyl sites for hydroxylation is 1. The molecule has 0 amide bonds. The number of nitrogens with one attached hydrogen (secondary N) is 1. The molecule has 0 heterocycles. The van der Waals surface area contributed by atoms with Gasteiger partial charge in [-0.25, -0.2) is 8.42 Å². The molecular weight excluding hydrogens is 368 g/mol. The van der Waals surface area contributed by atoms with Crippen LogP contribution in [0.5, 0.6) is 0 Å². The van der Waals surface area contributed by atoms with Crippen LogP contribution in [0, 0.1) is 0 Å². The minimum absolute atomic E-state index is 0.334. The maximum absolute atomic E-state index is 13.1. The van der Waals surface area contributed by atoms with Crippen LogP contribution >= 0.6 is 0 Å². The van der Waals surface area contributed by atoms with Gasteiger partial charge in [-0.05, 0) is 79.1 Å². The first-order chi connectivity index (χ1) is 13.3. The molecule has 2 aromatic carbocycles. The van der Waals surface area contributed by atoms with Crippen molar-refractivity contribution in [3.63, 3.8) is 0 Å². The van der Waals surface area contributed by atoms with Gasteiger partial charge in [0.15, 0.2) is 0 Å². The Hall–Kier alpha value is -1.85. The Morgan fingerprint density at radius 3 is 2.46 bits per heavy atom. The Morgan fingerprint density at radius 1 is 1.11 bits per heavy atom. The van der Waals surface area contributed by atoms with E-state index in [0.29, 0.717) is 16.9 Å². The van der Waals surface area contributed by atoms with Gasteiger partial charge in [0.05, 0.1) is 10.6 Å². The summed E-state index contributed by atoms with van der Waals surface area (Å²) >= 11 is 0. The molecule has 5 heteroatoms. The Morgan fingerprint density at radius 2 is 1.82 bits per heavy atom. The van der Waals surface area contributed by atoms with Gasteiger partial charge in [-0.15, -0.1) is 0 Å². The van der Waals surface area contributed by atoms with Crippen LogP contribution in [0.15, 0.2) is 47.4 Å². The molecule has 1 unspecified atom stereocenters. The molecule has 0 bridgehead atoms. The van der Waals surface area contributed by atoms with E-state index in [4.69, 9.17) is 0 Å². The highest BCUT2D eigenvalue weighted by Gasteiger charge is 2.24. The lowest BCUT2D eigenvalue weighted by Gasteiger charge is -2.27. The second kappa shape index (κ2) is 8.66. The number of anilines is 1. The largest absolute Gasteiger partial charge is 0.314 e. The van der Waals surface area contributed by atoms with Crippen molar-refractivity contribution in [3.8, 4) is 0 Å². The number of hydrogen-bond donors (Lipinski definition) is 1. The van der Waals surface area contributed by atoms with Gasteiger partial charge < -0.3 is 5.32 Å². The molecule has 0 spiro atoms. The van der Waals surface area contributed by atoms with Crippen LogP contribution in [-0.2, 0) is 22.9 Å². The Bertz CT molecular complexity index is 905. The Kier molecular flexibility index (Phi) is 6.46. The van der Waals surface area contributed by atoms with E-state index in [1.807, 2.05) is 24.3 Å². The van der Waals surface area contributed by atoms with E-state index in [0.717, 1.165) is 43.5 Å². The van der Waals surface area contributed by atoms with Crippen molar-refractivity contribution in [1.82, 2.24) is 5.32 Å². The Labute approximate surface area is 170 Å². The third kappa shape index (κ3) is 4.41. The SMILES string of the molecule is CCCNC1CCc2cc(N(C)S(=O)(=O)c3ccc(C(C)C)cc3)ccc2C1. The summed E-state index contributed by atoms with van der Waals surface area (Å²) in [5, 5.41) is 3.60. The highest BCUT2D eigenvalue weighted by atomic mass is 32.2. The summed E-state index contributed by atoms with van der Waals surface area (Å²) in [6.45, 7) is 7.44. The summed E-state index contributed by atoms with van der Waals surface area (Å²) in [7, 11) is -1.92. The van der Waals surface area contributed by atoms with Gasteiger partial charge in [0.25, 0.3) is 10.0 Å². The second-order valence-corrected chi connectivity index (χ2v) is 10.0. The zero-order valence-electron chi connectivity index (χ0n) is 17.4. The molecule has 0 fully saturated rings. The van der Waals surface area contributed by atoms with Crippen LogP contribution in [-0.4, -0.2) is 28.1 Å². The molecule has 1 atom stereocenters. The fourth-order valence-electron chi connectivity index (χ4n) is 3.78. The normalized spacial score (nSPS) is 16.8. The monoisotopic (exact) mass is 400 g/mol. The quantitative estimate of drug-likeness (QED) is 0.745. The summed E-state index contributed by atoms with van der Waals surface area (Å²) < 4.78 is 27.5. The van der Waals surface area contributed by atoms with Gasteiger partial charge in [-0.3, -0.25) is 4.31 Å². The van der Waals surface area contributed by atoms with E-state index in [1.54, 1.807) is 19.2 Å². The van der Waals surface area contributed by atoms with Gasteiger partial charge in [-0.2, -0.15) is 0 Å². The number of rotatable bonds is 7. The van der Waals surface area contributed by atoms with Gasteiger partial charge in [0, 0.05) is 13.1 Å². The molecule has 4 nitrogen and oxygen atoms in total. The summed E-state index contributed by atoms with van der Waals surface area (Å²) in [4.78, 5) is 0.334. The van der Waals surface area contributed by atoms with Crippen molar-refractivity contribution >= 4 is 15.7 Å². The second-order valence-electron chi connectivity index (χ2n) is 8.04. The first-order valence-corrected chi connectivity index (χ1v) is 11.7. The predicted molar refractivity (Wildman–Crippen MR) is 117 cm³/mol. The minimum atomic E-state index is -3.56. The fourth-order valence-corrected chi connectivity index (χ4v) is 4.97. The summed E-state index contributed by atoms with van der Waals surface area (Å²) in [6, 6.07) is 13.8. The van der Waals surface area contributed by atoms with Crippen molar-refractivity contribution in [2.24, 2.45) is 0 Å². The first kappa shape index (κ1) is 20.9. The number of nitrogens with zero attached hydrogens (tertiary/aromatic N) is 1. The summed E-state index contributed by atoms with van der Waals surface area (Å²) in [5.41, 5.74) is 4.47. The van der Waals surface area contributed by atoms with E-state index in [2.05, 4.69) is 32.2 Å². The molecule has 0 radical (unpaired) electrons. The fraction of sp³-hybridized carbons (Fsp3) is 0.478. The lowest BCUT2D eigenvalue weighted by molar-refractivity contribution is 0.459. The molecule has 0 aliphatic heterocycles. The van der Waals surface area contributed by atoms with E-state index >= 15 is 0 Å². The number of benzene rings is 2. The maximum atomic E-state index is 13.1. The van der Waals surface area contributed by atoms with Crippen LogP contribution in [0.1, 0.15) is 56.2 Å². The zero-order chi connectivity index (χ0) is 20.3. The highest BCUT2D eigenvalue weighted by molar-refractivity contribution is 7.92. The molecule has 2 aromatic rings. The molecule has 28 heavy (non-hydrogen) atoms. The summed E-state index contributed by atoms with van der Waals surface area (Å²) in [6.07, 6.45) is 4.25. The molecule has 0 saturated heterocycles. The number of hydrogen-bond acceptors (Lipinski definition) is 3. The molecule has 3 rings (SSSR count). The van der Waals surface area contributed by atoms with E-state index in [9.17, 15) is 8.42 Å². The van der Waals surface area contributed by atoms with Crippen molar-refractivity contribution in [2.45, 2.75) is 63.3 Å². The summed E-state index contributed by atoms with van der Waals surface area (Å²) in [5.74, 6) is 0.380. The number of fused-ring (bicyclic) bond motifs is 1. The van der Waals surface area contributed by atoms with Crippen LogP contribution in [0.25, 0.3) is 0 Å². The molecule has 0 saturated carbocycles. The van der Waals surface area contributed by atoms with Crippen LogP contribution in [0.3, 0.4) is 0 Å². The molecule has 1 aliphatic rings. The molecule has 1 aliphatic carbocycles. The third-order valence-electron chi connectivity index (χ3n) is 5.67.